The summed E-state index contributed by atoms with van der Waals surface area (Å²) in [4.78, 5) is 43.8. The maximum absolute atomic E-state index is 14.8. The Morgan fingerprint density at radius 2 is 1.35 bits per heavy atom. The zero-order chi connectivity index (χ0) is 34.2. The van der Waals surface area contributed by atoms with E-state index in [0.717, 1.165) is 9.79 Å². The Hall–Kier alpha value is -2.82. The largest absolute Gasteiger partial charge is 0.453 e. The molecule has 2 aromatic carbocycles. The molecular weight excluding hydrogens is 645 g/mol. The van der Waals surface area contributed by atoms with Crippen LogP contribution in [0.25, 0.3) is 0 Å². The van der Waals surface area contributed by atoms with Crippen LogP contribution in [0.1, 0.15) is 61.3 Å². The zero-order valence-electron chi connectivity index (χ0n) is 28.2. The van der Waals surface area contributed by atoms with Gasteiger partial charge in [0.05, 0.1) is 0 Å². The van der Waals surface area contributed by atoms with Crippen LogP contribution in [0.5, 0.6) is 11.5 Å². The van der Waals surface area contributed by atoms with Gasteiger partial charge in [-0.2, -0.15) is 0 Å². The standard InChI is InChI=1S/C33H48N3O7PS2/c1-21(2)28(34-32(39)41-33(5,6)7)31(38)36-20-10-11-27(36)29(37)35-30(22(3)4)44(40,42-23-12-16-25(45-8)17-13-23)43-24-14-18-26(46-9)19-15-24/h12-19,21-22,27-28,30H,10-11,20H2,1-9H3,(H,34,39)(H,35,37). The summed E-state index contributed by atoms with van der Waals surface area (Å²) in [6.07, 6.45) is 4.23. The van der Waals surface area contributed by atoms with Crippen molar-refractivity contribution < 1.29 is 32.7 Å². The molecule has 0 radical (unpaired) electrons. The van der Waals surface area contributed by atoms with Gasteiger partial charge in [0.2, 0.25) is 11.8 Å². The van der Waals surface area contributed by atoms with Gasteiger partial charge in [-0.15, -0.1) is 23.5 Å². The number of thioether (sulfide) groups is 2. The first kappa shape index (κ1) is 37.6. The monoisotopic (exact) mass is 693 g/mol. The highest BCUT2D eigenvalue weighted by atomic mass is 32.2. The Labute approximate surface area is 282 Å². The van der Waals surface area contributed by atoms with Crippen molar-refractivity contribution in [3.63, 3.8) is 0 Å². The number of rotatable bonds is 13. The Kier molecular flexibility index (Phi) is 13.4. The van der Waals surface area contributed by atoms with Crippen LogP contribution < -0.4 is 19.7 Å². The van der Waals surface area contributed by atoms with Crippen LogP contribution in [0.3, 0.4) is 0 Å². The number of alkyl carbamates (subject to hydrolysis) is 1. The quantitative estimate of drug-likeness (QED) is 0.163. The van der Waals surface area contributed by atoms with E-state index in [9.17, 15) is 18.9 Å². The molecule has 1 fully saturated rings. The lowest BCUT2D eigenvalue weighted by Gasteiger charge is -2.34. The number of carbonyl (C=O) groups is 3. The van der Waals surface area contributed by atoms with Crippen LogP contribution in [0, 0.1) is 11.8 Å². The van der Waals surface area contributed by atoms with E-state index in [1.54, 1.807) is 68.6 Å². The van der Waals surface area contributed by atoms with E-state index in [0.29, 0.717) is 30.9 Å². The summed E-state index contributed by atoms with van der Waals surface area (Å²) in [6, 6.07) is 12.6. The van der Waals surface area contributed by atoms with Crippen LogP contribution in [-0.2, 0) is 18.9 Å². The van der Waals surface area contributed by atoms with E-state index in [-0.39, 0.29) is 17.7 Å². The second kappa shape index (κ2) is 16.3. The Morgan fingerprint density at radius 1 is 0.848 bits per heavy atom. The lowest BCUT2D eigenvalue weighted by atomic mass is 10.0. The molecule has 0 spiro atoms. The molecule has 10 nitrogen and oxygen atoms in total. The molecule has 3 amide bonds. The number of nitrogens with one attached hydrogen (secondary N) is 2. The van der Waals surface area contributed by atoms with Crippen molar-refractivity contribution in [2.24, 2.45) is 11.8 Å². The Balaban J connectivity index is 1.89. The third kappa shape index (κ3) is 10.3. The van der Waals surface area contributed by atoms with Gasteiger partial charge >= 0.3 is 13.7 Å². The molecule has 3 rings (SSSR count). The van der Waals surface area contributed by atoms with Gasteiger partial charge in [-0.3, -0.25) is 9.59 Å². The summed E-state index contributed by atoms with van der Waals surface area (Å²) >= 11 is 3.14. The minimum Gasteiger partial charge on any atom is -0.444 e. The summed E-state index contributed by atoms with van der Waals surface area (Å²) in [5, 5.41) is 5.63. The highest BCUT2D eigenvalue weighted by Gasteiger charge is 2.46. The lowest BCUT2D eigenvalue weighted by molar-refractivity contribution is -0.141. The van der Waals surface area contributed by atoms with Crippen LogP contribution in [0.2, 0.25) is 0 Å². The van der Waals surface area contributed by atoms with Crippen molar-refractivity contribution in [1.82, 2.24) is 15.5 Å². The Morgan fingerprint density at radius 3 is 1.76 bits per heavy atom. The minimum absolute atomic E-state index is 0.259. The molecule has 2 aromatic rings. The molecule has 2 N–H and O–H groups in total. The predicted molar refractivity (Wildman–Crippen MR) is 185 cm³/mol. The van der Waals surface area contributed by atoms with Crippen molar-refractivity contribution in [2.75, 3.05) is 19.1 Å². The number of likely N-dealkylation sites (tertiary alicyclic amines) is 1. The molecule has 1 saturated heterocycles. The first-order chi connectivity index (χ1) is 21.6. The van der Waals surface area contributed by atoms with Crippen LogP contribution in [0.15, 0.2) is 58.3 Å². The van der Waals surface area contributed by atoms with Gasteiger partial charge in [-0.25, -0.2) is 9.36 Å². The van der Waals surface area contributed by atoms with Crippen molar-refractivity contribution in [2.45, 2.75) is 94.6 Å². The number of carbonyl (C=O) groups excluding carboxylic acids is 3. The van der Waals surface area contributed by atoms with E-state index in [2.05, 4.69) is 10.6 Å². The van der Waals surface area contributed by atoms with Gasteiger partial charge in [0, 0.05) is 16.3 Å². The number of nitrogens with zero attached hydrogens (tertiary/aromatic N) is 1. The summed E-state index contributed by atoms with van der Waals surface area (Å²) in [7, 11) is -4.11. The molecule has 0 aliphatic carbocycles. The van der Waals surface area contributed by atoms with Crippen molar-refractivity contribution in [1.29, 1.82) is 0 Å². The van der Waals surface area contributed by atoms with Crippen molar-refractivity contribution in [3.8, 4) is 11.5 Å². The summed E-state index contributed by atoms with van der Waals surface area (Å²) in [5.74, 6) is -1.83. The average molecular weight is 694 g/mol. The zero-order valence-corrected chi connectivity index (χ0v) is 30.7. The van der Waals surface area contributed by atoms with Gasteiger partial charge in [0.1, 0.15) is 29.2 Å². The topological polar surface area (TPSA) is 123 Å². The van der Waals surface area contributed by atoms with Crippen LogP contribution in [0.4, 0.5) is 4.79 Å². The number of hydrogen-bond acceptors (Lipinski definition) is 9. The van der Waals surface area contributed by atoms with Crippen molar-refractivity contribution in [3.05, 3.63) is 48.5 Å². The van der Waals surface area contributed by atoms with E-state index < -0.39 is 43.1 Å². The van der Waals surface area contributed by atoms with Gasteiger partial charge in [0.25, 0.3) is 0 Å². The van der Waals surface area contributed by atoms with Gasteiger partial charge in [0.15, 0.2) is 5.78 Å². The second-order valence-electron chi connectivity index (χ2n) is 12.8. The first-order valence-corrected chi connectivity index (χ1v) is 19.5. The molecule has 0 aromatic heterocycles. The maximum atomic E-state index is 14.8. The molecule has 1 aliphatic heterocycles. The summed E-state index contributed by atoms with van der Waals surface area (Å²) in [6.45, 7) is 12.9. The SMILES string of the molecule is CSc1ccc(OP(=O)(Oc2ccc(SC)cc2)C(NC(=O)C2CCCN2C(=O)C(NC(=O)OC(C)(C)C)C(C)C)C(C)C)cc1. The van der Waals surface area contributed by atoms with Crippen LogP contribution >= 0.6 is 31.1 Å². The molecule has 1 heterocycles. The van der Waals surface area contributed by atoms with Crippen molar-refractivity contribution >= 4 is 49.0 Å². The number of ether oxygens (including phenoxy) is 1. The first-order valence-electron chi connectivity index (χ1n) is 15.4. The fraction of sp³-hybridized carbons (Fsp3) is 0.545. The van der Waals surface area contributed by atoms with E-state index >= 15 is 0 Å². The van der Waals surface area contributed by atoms with E-state index in [4.69, 9.17) is 13.8 Å². The molecule has 13 heteroatoms. The van der Waals surface area contributed by atoms with Gasteiger partial charge in [-0.1, -0.05) is 27.7 Å². The maximum Gasteiger partial charge on any atom is 0.453 e. The lowest BCUT2D eigenvalue weighted by Crippen LogP contribution is -2.56. The highest BCUT2D eigenvalue weighted by molar-refractivity contribution is 7.98. The third-order valence-corrected chi connectivity index (χ3v) is 11.1. The molecule has 1 aliphatic rings. The molecule has 46 heavy (non-hydrogen) atoms. The molecular formula is C33H48N3O7PS2. The van der Waals surface area contributed by atoms with Crippen LogP contribution in [-0.4, -0.2) is 65.3 Å². The highest BCUT2D eigenvalue weighted by Crippen LogP contribution is 2.54. The van der Waals surface area contributed by atoms with Gasteiger partial charge in [-0.05, 0) is 106 Å². The predicted octanol–water partition coefficient (Wildman–Crippen LogP) is 7.42. The molecule has 3 unspecified atom stereocenters. The molecule has 0 bridgehead atoms. The summed E-state index contributed by atoms with van der Waals surface area (Å²) in [5.41, 5.74) is -0.733. The fourth-order valence-electron chi connectivity index (χ4n) is 4.98. The summed E-state index contributed by atoms with van der Waals surface area (Å²) < 4.78 is 32.5. The second-order valence-corrected chi connectivity index (χ2v) is 16.6. The minimum atomic E-state index is -4.11. The molecule has 0 saturated carbocycles. The average Bonchev–Trinajstić information content (AvgIpc) is 3.48. The normalized spacial score (nSPS) is 16.6. The third-order valence-electron chi connectivity index (χ3n) is 7.29. The fourth-order valence-corrected chi connectivity index (χ4v) is 7.91. The molecule has 3 atom stereocenters. The number of hydrogen-bond donors (Lipinski definition) is 2. The molecule has 254 valence electrons. The van der Waals surface area contributed by atoms with E-state index in [1.165, 1.54) is 4.90 Å². The van der Waals surface area contributed by atoms with E-state index in [1.807, 2.05) is 64.5 Å². The Bertz CT molecular complexity index is 1330. The number of benzene rings is 2. The van der Waals surface area contributed by atoms with Gasteiger partial charge < -0.3 is 29.3 Å². The number of amides is 3. The smallest absolute Gasteiger partial charge is 0.444 e.